The van der Waals surface area contributed by atoms with Gasteiger partial charge in [0, 0.05) is 0 Å². The molecule has 0 atom stereocenters. The largest absolute Gasteiger partial charge is 0.504 e. The molecule has 0 fully saturated rings. The number of rotatable bonds is 18. The maximum atomic E-state index is 10.2. The highest BCUT2D eigenvalue weighted by atomic mass is 16.5. The quantitative estimate of drug-likeness (QED) is 0.197. The second-order valence-corrected chi connectivity index (χ2v) is 8.12. The molecular weight excluding hydrogens is 348 g/mol. The van der Waals surface area contributed by atoms with E-state index >= 15 is 0 Å². The Bertz CT molecular complexity index is 499. The van der Waals surface area contributed by atoms with Gasteiger partial charge in [0.05, 0.1) is 6.61 Å². The van der Waals surface area contributed by atoms with Gasteiger partial charge >= 0.3 is 0 Å². The highest BCUT2D eigenvalue weighted by Crippen LogP contribution is 2.39. The predicted molar refractivity (Wildman–Crippen MR) is 120 cm³/mol. The molecule has 1 rings (SSSR count). The summed E-state index contributed by atoms with van der Waals surface area (Å²) in [5.74, 6) is 0.308. The average Bonchev–Trinajstić information content (AvgIpc) is 2.70. The molecule has 0 aliphatic heterocycles. The molecule has 0 saturated carbocycles. The third kappa shape index (κ3) is 10.8. The van der Waals surface area contributed by atoms with Crippen molar-refractivity contribution in [3.05, 3.63) is 17.7 Å². The van der Waals surface area contributed by atoms with Gasteiger partial charge in [-0.3, -0.25) is 0 Å². The van der Waals surface area contributed by atoms with Crippen LogP contribution in [0.3, 0.4) is 0 Å². The molecule has 0 radical (unpaired) electrons. The minimum atomic E-state index is -0.0972. The van der Waals surface area contributed by atoms with E-state index in [4.69, 9.17) is 4.74 Å². The third-order valence-electron chi connectivity index (χ3n) is 5.49. The van der Waals surface area contributed by atoms with E-state index in [1.54, 1.807) is 6.07 Å². The lowest BCUT2D eigenvalue weighted by molar-refractivity contribution is 0.280. The first-order valence-electron chi connectivity index (χ1n) is 11.9. The van der Waals surface area contributed by atoms with Crippen LogP contribution < -0.4 is 4.74 Å². The standard InChI is InChI=1S/C25H44O3/c1-3-5-7-9-11-12-14-16-18-22-19-20-23(26)24(27)25(22)28-21-17-15-13-10-8-6-4-2/h19-20,26-27H,3-18,21H2,1-2H3. The van der Waals surface area contributed by atoms with Crippen molar-refractivity contribution in [3.63, 3.8) is 0 Å². The van der Waals surface area contributed by atoms with Crippen LogP contribution in [0.25, 0.3) is 0 Å². The first-order valence-corrected chi connectivity index (χ1v) is 11.9. The smallest absolute Gasteiger partial charge is 0.200 e. The zero-order valence-electron chi connectivity index (χ0n) is 18.5. The summed E-state index contributed by atoms with van der Waals surface area (Å²) in [6.07, 6.45) is 19.8. The molecule has 0 bridgehead atoms. The van der Waals surface area contributed by atoms with Crippen molar-refractivity contribution >= 4 is 0 Å². The van der Waals surface area contributed by atoms with Crippen molar-refractivity contribution < 1.29 is 14.9 Å². The Hall–Kier alpha value is -1.38. The van der Waals surface area contributed by atoms with E-state index in [-0.39, 0.29) is 11.5 Å². The second-order valence-electron chi connectivity index (χ2n) is 8.12. The van der Waals surface area contributed by atoms with Crippen molar-refractivity contribution in [2.75, 3.05) is 6.61 Å². The van der Waals surface area contributed by atoms with E-state index in [9.17, 15) is 10.2 Å². The molecule has 0 unspecified atom stereocenters. The Balaban J connectivity index is 2.30. The van der Waals surface area contributed by atoms with Gasteiger partial charge in [-0.25, -0.2) is 0 Å². The molecule has 0 spiro atoms. The van der Waals surface area contributed by atoms with Gasteiger partial charge in [-0.1, -0.05) is 103 Å². The fourth-order valence-corrected chi connectivity index (χ4v) is 3.64. The summed E-state index contributed by atoms with van der Waals surface area (Å²) in [4.78, 5) is 0. The normalized spacial score (nSPS) is 11.1. The molecule has 0 saturated heterocycles. The van der Waals surface area contributed by atoms with Crippen LogP contribution >= 0.6 is 0 Å². The highest BCUT2D eigenvalue weighted by molar-refractivity contribution is 5.54. The first kappa shape index (κ1) is 24.7. The van der Waals surface area contributed by atoms with Gasteiger partial charge in [0.15, 0.2) is 11.5 Å². The summed E-state index contributed by atoms with van der Waals surface area (Å²) < 4.78 is 5.89. The lowest BCUT2D eigenvalue weighted by Crippen LogP contribution is -2.01. The van der Waals surface area contributed by atoms with Crippen molar-refractivity contribution in [1.82, 2.24) is 0 Å². The van der Waals surface area contributed by atoms with E-state index in [0.29, 0.717) is 12.4 Å². The van der Waals surface area contributed by atoms with Crippen LogP contribution in [-0.2, 0) is 6.42 Å². The Morgan fingerprint density at radius 3 is 1.71 bits per heavy atom. The van der Waals surface area contributed by atoms with Crippen LogP contribution in [0.15, 0.2) is 12.1 Å². The van der Waals surface area contributed by atoms with Gasteiger partial charge in [-0.05, 0) is 30.9 Å². The van der Waals surface area contributed by atoms with Crippen molar-refractivity contribution in [1.29, 1.82) is 0 Å². The number of unbranched alkanes of at least 4 members (excludes halogenated alkanes) is 13. The Morgan fingerprint density at radius 2 is 1.14 bits per heavy atom. The lowest BCUT2D eigenvalue weighted by Gasteiger charge is -2.14. The summed E-state index contributed by atoms with van der Waals surface area (Å²) in [5, 5.41) is 20.1. The molecule has 0 amide bonds. The van der Waals surface area contributed by atoms with E-state index in [0.717, 1.165) is 31.2 Å². The SMILES string of the molecule is CCCCCCCCCCc1ccc(O)c(O)c1OCCCCCCCCC. The summed E-state index contributed by atoms with van der Waals surface area (Å²) in [6.45, 7) is 5.09. The molecular formula is C25H44O3. The van der Waals surface area contributed by atoms with E-state index in [2.05, 4.69) is 13.8 Å². The van der Waals surface area contributed by atoms with Gasteiger partial charge in [-0.2, -0.15) is 0 Å². The van der Waals surface area contributed by atoms with Gasteiger partial charge in [0.25, 0.3) is 0 Å². The molecule has 28 heavy (non-hydrogen) atoms. The van der Waals surface area contributed by atoms with Crippen LogP contribution in [0.2, 0.25) is 0 Å². The average molecular weight is 393 g/mol. The Morgan fingerprint density at radius 1 is 0.643 bits per heavy atom. The van der Waals surface area contributed by atoms with Gasteiger partial charge in [0.1, 0.15) is 0 Å². The maximum Gasteiger partial charge on any atom is 0.200 e. The van der Waals surface area contributed by atoms with Crippen LogP contribution in [-0.4, -0.2) is 16.8 Å². The molecule has 0 heterocycles. The molecule has 162 valence electrons. The summed E-state index contributed by atoms with van der Waals surface area (Å²) in [7, 11) is 0. The number of phenols is 2. The van der Waals surface area contributed by atoms with E-state index < -0.39 is 0 Å². The van der Waals surface area contributed by atoms with Crippen molar-refractivity contribution in [3.8, 4) is 17.2 Å². The number of phenolic OH excluding ortho intramolecular Hbond substituents is 2. The second kappa shape index (κ2) is 16.6. The monoisotopic (exact) mass is 392 g/mol. The molecule has 0 aliphatic rings. The van der Waals surface area contributed by atoms with Crippen LogP contribution in [0.4, 0.5) is 0 Å². The summed E-state index contributed by atoms with van der Waals surface area (Å²) >= 11 is 0. The molecule has 0 aromatic heterocycles. The van der Waals surface area contributed by atoms with Crippen LogP contribution in [0.5, 0.6) is 17.2 Å². The molecule has 2 N–H and O–H groups in total. The minimum Gasteiger partial charge on any atom is -0.504 e. The summed E-state index contributed by atoms with van der Waals surface area (Å²) in [6, 6.07) is 3.48. The van der Waals surface area contributed by atoms with Crippen LogP contribution in [0.1, 0.15) is 116 Å². The fourth-order valence-electron chi connectivity index (χ4n) is 3.64. The molecule has 3 heteroatoms. The zero-order chi connectivity index (χ0) is 20.5. The number of aromatic hydroxyl groups is 2. The number of ether oxygens (including phenoxy) is 1. The minimum absolute atomic E-state index is 0.0887. The zero-order valence-corrected chi connectivity index (χ0v) is 18.5. The molecule has 1 aromatic rings. The first-order chi connectivity index (χ1) is 13.7. The van der Waals surface area contributed by atoms with E-state index in [1.807, 2.05) is 6.07 Å². The molecule has 3 nitrogen and oxygen atoms in total. The van der Waals surface area contributed by atoms with E-state index in [1.165, 1.54) is 77.0 Å². The topological polar surface area (TPSA) is 49.7 Å². The predicted octanol–water partition coefficient (Wildman–Crippen LogP) is 7.91. The molecule has 1 aromatic carbocycles. The summed E-state index contributed by atoms with van der Waals surface area (Å²) in [5.41, 5.74) is 1.02. The Kier molecular flexibility index (Phi) is 14.6. The maximum absolute atomic E-state index is 10.2. The van der Waals surface area contributed by atoms with Crippen molar-refractivity contribution in [2.45, 2.75) is 117 Å². The van der Waals surface area contributed by atoms with Gasteiger partial charge in [0.2, 0.25) is 5.75 Å². The lowest BCUT2D eigenvalue weighted by atomic mass is 10.0. The number of benzene rings is 1. The van der Waals surface area contributed by atoms with Crippen molar-refractivity contribution in [2.24, 2.45) is 0 Å². The fraction of sp³-hybridized carbons (Fsp3) is 0.760. The number of hydrogen-bond acceptors (Lipinski definition) is 3. The number of aryl methyl sites for hydroxylation is 1. The Labute approximate surface area is 173 Å². The highest BCUT2D eigenvalue weighted by Gasteiger charge is 2.13. The van der Waals surface area contributed by atoms with Gasteiger partial charge < -0.3 is 14.9 Å². The number of hydrogen-bond donors (Lipinski definition) is 2. The third-order valence-corrected chi connectivity index (χ3v) is 5.49. The van der Waals surface area contributed by atoms with Gasteiger partial charge in [-0.15, -0.1) is 0 Å². The molecule has 0 aliphatic carbocycles. The van der Waals surface area contributed by atoms with Crippen LogP contribution in [0, 0.1) is 0 Å².